The Labute approximate surface area is 143 Å². The molecule has 2 aromatic heterocycles. The first-order valence-corrected chi connectivity index (χ1v) is 8.29. The maximum absolute atomic E-state index is 4.54. The summed E-state index contributed by atoms with van der Waals surface area (Å²) in [4.78, 5) is 11.0. The second kappa shape index (κ2) is 8.90. The van der Waals surface area contributed by atoms with Crippen LogP contribution in [-0.4, -0.2) is 40.9 Å². The molecule has 0 aliphatic rings. The Morgan fingerprint density at radius 2 is 1.92 bits per heavy atom. The maximum atomic E-state index is 4.54. The molecule has 2 N–H and O–H groups in total. The minimum atomic E-state index is 0.676. The fourth-order valence-electron chi connectivity index (χ4n) is 2.41. The van der Waals surface area contributed by atoms with Crippen LogP contribution in [0.1, 0.15) is 25.1 Å². The van der Waals surface area contributed by atoms with Gasteiger partial charge in [0.15, 0.2) is 5.96 Å². The van der Waals surface area contributed by atoms with Crippen molar-refractivity contribution in [3.63, 3.8) is 0 Å². The summed E-state index contributed by atoms with van der Waals surface area (Å²) in [7, 11) is 3.69. The van der Waals surface area contributed by atoms with Crippen LogP contribution in [0.4, 0.5) is 5.82 Å². The zero-order chi connectivity index (χ0) is 17.4. The number of anilines is 1. The molecule has 7 nitrogen and oxygen atoms in total. The first-order chi connectivity index (χ1) is 11.7. The molecule has 0 aliphatic carbocycles. The van der Waals surface area contributed by atoms with Crippen LogP contribution in [0.15, 0.2) is 35.6 Å². The molecule has 0 spiro atoms. The van der Waals surface area contributed by atoms with Crippen molar-refractivity contribution in [3.8, 4) is 0 Å². The van der Waals surface area contributed by atoms with Crippen molar-refractivity contribution in [3.05, 3.63) is 41.9 Å². The van der Waals surface area contributed by atoms with Crippen molar-refractivity contribution in [2.24, 2.45) is 12.0 Å². The van der Waals surface area contributed by atoms with Crippen LogP contribution in [0.2, 0.25) is 0 Å². The van der Waals surface area contributed by atoms with E-state index in [9.17, 15) is 0 Å². The third-order valence-corrected chi connectivity index (χ3v) is 3.94. The normalized spacial score (nSPS) is 11.4. The van der Waals surface area contributed by atoms with Crippen LogP contribution in [0.5, 0.6) is 0 Å². The maximum Gasteiger partial charge on any atom is 0.191 e. The molecular weight excluding hydrogens is 302 g/mol. The van der Waals surface area contributed by atoms with Crippen LogP contribution in [0.3, 0.4) is 0 Å². The summed E-state index contributed by atoms with van der Waals surface area (Å²) in [5.41, 5.74) is 2.22. The predicted octanol–water partition coefficient (Wildman–Crippen LogP) is 1.53. The number of pyridine rings is 1. The number of rotatable bonds is 7. The average molecular weight is 329 g/mol. The quantitative estimate of drug-likeness (QED) is 0.595. The Balaban J connectivity index is 1.85. The number of hydrogen-bond donors (Lipinski definition) is 2. The van der Waals surface area contributed by atoms with Crippen molar-refractivity contribution < 1.29 is 0 Å². The first kappa shape index (κ1) is 17.8. The molecule has 0 unspecified atom stereocenters. The van der Waals surface area contributed by atoms with Gasteiger partial charge < -0.3 is 15.5 Å². The summed E-state index contributed by atoms with van der Waals surface area (Å²) < 4.78 is 1.84. The summed E-state index contributed by atoms with van der Waals surface area (Å²) in [6.07, 6.45) is 3.70. The average Bonchev–Trinajstić information content (AvgIpc) is 3.02. The van der Waals surface area contributed by atoms with Gasteiger partial charge in [-0.25, -0.2) is 4.98 Å². The molecule has 0 saturated carbocycles. The van der Waals surface area contributed by atoms with Crippen LogP contribution in [-0.2, 0) is 20.1 Å². The van der Waals surface area contributed by atoms with E-state index < -0.39 is 0 Å². The molecule has 24 heavy (non-hydrogen) atoms. The van der Waals surface area contributed by atoms with E-state index in [1.165, 1.54) is 0 Å². The molecule has 0 aromatic carbocycles. The second-order valence-electron chi connectivity index (χ2n) is 5.42. The molecule has 2 rings (SSSR count). The topological polar surface area (TPSA) is 70.4 Å². The van der Waals surface area contributed by atoms with Crippen molar-refractivity contribution in [2.75, 3.05) is 25.0 Å². The van der Waals surface area contributed by atoms with E-state index in [4.69, 9.17) is 0 Å². The zero-order valence-corrected chi connectivity index (χ0v) is 15.0. The molecule has 0 aliphatic heterocycles. The lowest BCUT2D eigenvalue weighted by Gasteiger charge is -2.19. The Bertz CT molecular complexity index is 641. The summed E-state index contributed by atoms with van der Waals surface area (Å²) in [5, 5.41) is 10.7. The lowest BCUT2D eigenvalue weighted by atomic mass is 10.2. The van der Waals surface area contributed by atoms with Gasteiger partial charge in [0.05, 0.1) is 12.2 Å². The highest BCUT2D eigenvalue weighted by atomic mass is 15.3. The van der Waals surface area contributed by atoms with Gasteiger partial charge in [0, 0.05) is 46.1 Å². The van der Waals surface area contributed by atoms with E-state index in [1.807, 2.05) is 24.0 Å². The van der Waals surface area contributed by atoms with E-state index in [2.05, 4.69) is 56.6 Å². The van der Waals surface area contributed by atoms with Crippen molar-refractivity contribution in [1.82, 2.24) is 25.4 Å². The van der Waals surface area contributed by atoms with Gasteiger partial charge in [-0.05, 0) is 31.5 Å². The van der Waals surface area contributed by atoms with E-state index in [1.54, 1.807) is 13.2 Å². The SMILES string of the molecule is CCN(CC)c1ccc(CNC(=NC)NCc2ccnn2C)cn1. The summed E-state index contributed by atoms with van der Waals surface area (Å²) in [6, 6.07) is 6.15. The molecule has 7 heteroatoms. The Morgan fingerprint density at radius 3 is 2.46 bits per heavy atom. The second-order valence-corrected chi connectivity index (χ2v) is 5.42. The van der Waals surface area contributed by atoms with Crippen LogP contribution < -0.4 is 15.5 Å². The fraction of sp³-hybridized carbons (Fsp3) is 0.471. The molecule has 130 valence electrons. The number of aryl methyl sites for hydroxylation is 1. The third-order valence-electron chi connectivity index (χ3n) is 3.94. The fourth-order valence-corrected chi connectivity index (χ4v) is 2.41. The summed E-state index contributed by atoms with van der Waals surface area (Å²) in [5.74, 6) is 1.77. The minimum Gasteiger partial charge on any atom is -0.357 e. The van der Waals surface area contributed by atoms with E-state index in [0.29, 0.717) is 13.1 Å². The van der Waals surface area contributed by atoms with Crippen molar-refractivity contribution in [2.45, 2.75) is 26.9 Å². The minimum absolute atomic E-state index is 0.676. The van der Waals surface area contributed by atoms with Crippen molar-refractivity contribution in [1.29, 1.82) is 0 Å². The molecule has 0 bridgehead atoms. The highest BCUT2D eigenvalue weighted by molar-refractivity contribution is 5.79. The first-order valence-electron chi connectivity index (χ1n) is 8.29. The van der Waals surface area contributed by atoms with E-state index in [-0.39, 0.29) is 0 Å². The number of aliphatic imine (C=N–C) groups is 1. The molecule has 0 radical (unpaired) electrons. The molecule has 0 fully saturated rings. The number of nitrogens with one attached hydrogen (secondary N) is 2. The Hall–Kier alpha value is -2.57. The lowest BCUT2D eigenvalue weighted by molar-refractivity contribution is 0.684. The highest BCUT2D eigenvalue weighted by Crippen LogP contribution is 2.10. The predicted molar refractivity (Wildman–Crippen MR) is 98.0 cm³/mol. The van der Waals surface area contributed by atoms with Gasteiger partial charge in [0.1, 0.15) is 5.82 Å². The highest BCUT2D eigenvalue weighted by Gasteiger charge is 2.04. The van der Waals surface area contributed by atoms with Gasteiger partial charge in [-0.1, -0.05) is 6.07 Å². The summed E-state index contributed by atoms with van der Waals surface area (Å²) in [6.45, 7) is 7.56. The van der Waals surface area contributed by atoms with Gasteiger partial charge >= 0.3 is 0 Å². The van der Waals surface area contributed by atoms with Crippen molar-refractivity contribution >= 4 is 11.8 Å². The van der Waals surface area contributed by atoms with Gasteiger partial charge in [-0.2, -0.15) is 5.10 Å². The van der Waals surface area contributed by atoms with Crippen LogP contribution in [0, 0.1) is 0 Å². The number of guanidine groups is 1. The zero-order valence-electron chi connectivity index (χ0n) is 15.0. The molecule has 0 amide bonds. The standard InChI is InChI=1S/C17H27N7/c1-5-24(6-2)16-8-7-14(11-19-16)12-20-17(18-3)21-13-15-9-10-22-23(15)4/h7-11H,5-6,12-13H2,1-4H3,(H2,18,20,21). The molecule has 2 heterocycles. The molecule has 0 saturated heterocycles. The number of hydrogen-bond acceptors (Lipinski definition) is 4. The largest absolute Gasteiger partial charge is 0.357 e. The molecule has 0 atom stereocenters. The van der Waals surface area contributed by atoms with Gasteiger partial charge in [-0.15, -0.1) is 0 Å². The Kier molecular flexibility index (Phi) is 6.60. The number of nitrogens with zero attached hydrogens (tertiary/aromatic N) is 5. The monoisotopic (exact) mass is 329 g/mol. The summed E-state index contributed by atoms with van der Waals surface area (Å²) >= 11 is 0. The molecule has 2 aromatic rings. The van der Waals surface area contributed by atoms with Crippen LogP contribution in [0.25, 0.3) is 0 Å². The third kappa shape index (κ3) is 4.71. The van der Waals surface area contributed by atoms with Gasteiger partial charge in [0.2, 0.25) is 0 Å². The van der Waals surface area contributed by atoms with E-state index in [0.717, 1.165) is 36.1 Å². The Morgan fingerprint density at radius 1 is 1.17 bits per heavy atom. The molecular formula is C17H27N7. The van der Waals surface area contributed by atoms with Crippen LogP contribution >= 0.6 is 0 Å². The van der Waals surface area contributed by atoms with E-state index >= 15 is 0 Å². The van der Waals surface area contributed by atoms with Gasteiger partial charge in [0.25, 0.3) is 0 Å². The smallest absolute Gasteiger partial charge is 0.191 e. The number of aromatic nitrogens is 3. The van der Waals surface area contributed by atoms with Gasteiger partial charge in [-0.3, -0.25) is 9.67 Å². The lowest BCUT2D eigenvalue weighted by Crippen LogP contribution is -2.36.